The second-order valence-electron chi connectivity index (χ2n) is 15.5. The highest BCUT2D eigenvalue weighted by molar-refractivity contribution is 5.38. The number of hydrogen-bond donors (Lipinski definition) is 1. The van der Waals surface area contributed by atoms with E-state index in [0.29, 0.717) is 35.8 Å². The van der Waals surface area contributed by atoms with Gasteiger partial charge < -0.3 is 5.11 Å². The molecule has 2 bridgehead atoms. The van der Waals surface area contributed by atoms with E-state index in [1.54, 1.807) is 0 Å². The fourth-order valence-corrected chi connectivity index (χ4v) is 11.0. The summed E-state index contributed by atoms with van der Waals surface area (Å²) in [7, 11) is 0. The van der Waals surface area contributed by atoms with E-state index in [-0.39, 0.29) is 34.0 Å². The van der Waals surface area contributed by atoms with Gasteiger partial charge in [-0.05, 0) is 91.6 Å². The summed E-state index contributed by atoms with van der Waals surface area (Å²) < 4.78 is 5.17. The highest BCUT2D eigenvalue weighted by atomic mass is 16.3. The molecule has 4 aliphatic carbocycles. The van der Waals surface area contributed by atoms with Gasteiger partial charge in [-0.3, -0.25) is 0 Å². The number of aliphatic hydroxyl groups is 1. The Morgan fingerprint density at radius 3 is 2.29 bits per heavy atom. The Hall–Kier alpha value is -2.60. The second kappa shape index (κ2) is 9.20. The lowest BCUT2D eigenvalue weighted by Crippen LogP contribution is -2.76. The molecule has 1 aromatic heterocycles. The molecule has 1 N–H and O–H groups in total. The number of allylic oxidation sites excluding steroid dienone is 4. The van der Waals surface area contributed by atoms with E-state index in [4.69, 9.17) is 0 Å². The molecule has 6 nitrogen and oxygen atoms in total. The Kier molecular flexibility index (Phi) is 6.18. The van der Waals surface area contributed by atoms with Gasteiger partial charge in [0, 0.05) is 11.8 Å². The SMILES string of the molecule is CC(C)[C@@H](C)/C=C/[C@@H](C)[C@H]1CCC2C34C=CC5(C[C@@H](O)CC[C@]5(C)C3CC[C@@]21C)n1c(=O)n(-c2ccccc2)c(=O)n14. The second-order valence-corrected chi connectivity index (χ2v) is 15.5. The molecule has 42 heavy (non-hydrogen) atoms. The van der Waals surface area contributed by atoms with Crippen molar-refractivity contribution < 1.29 is 5.11 Å². The van der Waals surface area contributed by atoms with Crippen LogP contribution in [0.15, 0.2) is 64.2 Å². The molecule has 4 unspecified atom stereocenters. The first-order valence-electron chi connectivity index (χ1n) is 16.5. The van der Waals surface area contributed by atoms with E-state index >= 15 is 0 Å². The Labute approximate surface area is 250 Å². The van der Waals surface area contributed by atoms with E-state index in [1.165, 1.54) is 4.57 Å². The lowest BCUT2D eigenvalue weighted by atomic mass is 9.40. The maximum Gasteiger partial charge on any atom is 0.352 e. The molecule has 6 heteroatoms. The summed E-state index contributed by atoms with van der Waals surface area (Å²) in [6.07, 6.45) is 15.5. The van der Waals surface area contributed by atoms with Crippen molar-refractivity contribution in [3.8, 4) is 5.69 Å². The number of nitrogens with zero attached hydrogens (tertiary/aromatic N) is 3. The van der Waals surface area contributed by atoms with Gasteiger partial charge in [0.15, 0.2) is 0 Å². The first-order chi connectivity index (χ1) is 19.9. The van der Waals surface area contributed by atoms with E-state index in [1.807, 2.05) is 39.7 Å². The zero-order valence-electron chi connectivity index (χ0n) is 26.3. The first kappa shape index (κ1) is 28.2. The number of aromatic nitrogens is 3. The summed E-state index contributed by atoms with van der Waals surface area (Å²) >= 11 is 0. The Morgan fingerprint density at radius 1 is 0.857 bits per heavy atom. The van der Waals surface area contributed by atoms with Crippen LogP contribution in [0.2, 0.25) is 0 Å². The third kappa shape index (κ3) is 3.31. The molecule has 2 spiro atoms. The van der Waals surface area contributed by atoms with Crippen molar-refractivity contribution in [3.63, 3.8) is 0 Å². The van der Waals surface area contributed by atoms with Crippen LogP contribution in [0.25, 0.3) is 5.69 Å². The van der Waals surface area contributed by atoms with Gasteiger partial charge >= 0.3 is 11.4 Å². The van der Waals surface area contributed by atoms with Crippen LogP contribution in [0.1, 0.15) is 86.5 Å². The Bertz CT molecular complexity index is 1560. The average Bonchev–Trinajstić information content (AvgIpc) is 3.46. The number of hydrogen-bond acceptors (Lipinski definition) is 3. The molecule has 2 aliphatic heterocycles. The smallest absolute Gasteiger partial charge is 0.352 e. The van der Waals surface area contributed by atoms with Gasteiger partial charge in [-0.15, -0.1) is 0 Å². The van der Waals surface area contributed by atoms with Crippen LogP contribution in [0.3, 0.4) is 0 Å². The van der Waals surface area contributed by atoms with Gasteiger partial charge in [0.25, 0.3) is 0 Å². The van der Waals surface area contributed by atoms with Gasteiger partial charge in [-0.25, -0.2) is 23.5 Å². The van der Waals surface area contributed by atoms with Crippen molar-refractivity contribution in [3.05, 3.63) is 75.6 Å². The zero-order chi connectivity index (χ0) is 29.8. The third-order valence-electron chi connectivity index (χ3n) is 13.5. The van der Waals surface area contributed by atoms with Crippen LogP contribution in [-0.2, 0) is 11.1 Å². The van der Waals surface area contributed by atoms with Crippen LogP contribution < -0.4 is 11.4 Å². The van der Waals surface area contributed by atoms with E-state index in [2.05, 4.69) is 65.8 Å². The molecular weight excluding hydrogens is 522 g/mol. The number of fused-ring (bicyclic) bond motifs is 1. The minimum atomic E-state index is -0.706. The van der Waals surface area contributed by atoms with Crippen LogP contribution in [-0.4, -0.2) is 25.1 Å². The maximum atomic E-state index is 14.7. The topological polar surface area (TPSA) is 69.2 Å². The van der Waals surface area contributed by atoms with Crippen molar-refractivity contribution >= 4 is 0 Å². The van der Waals surface area contributed by atoms with Gasteiger partial charge in [-0.1, -0.05) is 84.0 Å². The standard InChI is InChI=1S/C36H49N3O3/c1-23(2)24(3)12-13-25(4)28-14-15-29-33(28,5)18-17-30-34(6)19-16-27(40)22-35(34)20-21-36(29,30)39-32(42)37(31(41)38(35)39)26-10-8-7-9-11-26/h7-13,20-21,23-25,27-30,40H,14-19,22H2,1-6H3/b13-12+/t24-,25+,27-,28+,29?,30?,33+,34+,35?,36?/m0/s1. The summed E-state index contributed by atoms with van der Waals surface area (Å²) in [5, 5.41) is 11.0. The Balaban J connectivity index is 1.43. The number of aliphatic hydroxyl groups excluding tert-OH is 1. The summed E-state index contributed by atoms with van der Waals surface area (Å²) in [5.41, 5.74) is -1.29. The minimum absolute atomic E-state index is 0.0582. The van der Waals surface area contributed by atoms with Crippen LogP contribution in [0, 0.1) is 46.3 Å². The molecule has 1 aromatic carbocycles. The van der Waals surface area contributed by atoms with Gasteiger partial charge in [0.2, 0.25) is 0 Å². The van der Waals surface area contributed by atoms with Crippen molar-refractivity contribution in [2.45, 2.75) is 104 Å². The summed E-state index contributed by atoms with van der Waals surface area (Å²) in [4.78, 5) is 29.2. The molecule has 8 rings (SSSR count). The molecular formula is C36H49N3O3. The van der Waals surface area contributed by atoms with E-state index in [0.717, 1.165) is 38.5 Å². The summed E-state index contributed by atoms with van der Waals surface area (Å²) in [6, 6.07) is 9.40. The molecule has 0 radical (unpaired) electrons. The maximum absolute atomic E-state index is 14.7. The Morgan fingerprint density at radius 2 is 1.57 bits per heavy atom. The summed E-state index contributed by atoms with van der Waals surface area (Å²) in [6.45, 7) is 14.1. The largest absolute Gasteiger partial charge is 0.393 e. The summed E-state index contributed by atoms with van der Waals surface area (Å²) in [5.74, 6) is 2.67. The highest BCUT2D eigenvalue weighted by Gasteiger charge is 2.75. The predicted octanol–water partition coefficient (Wildman–Crippen LogP) is 6.25. The fraction of sp³-hybridized carbons (Fsp3) is 0.667. The molecule has 3 fully saturated rings. The predicted molar refractivity (Wildman–Crippen MR) is 167 cm³/mol. The number of rotatable bonds is 5. The van der Waals surface area contributed by atoms with Crippen LogP contribution >= 0.6 is 0 Å². The monoisotopic (exact) mass is 571 g/mol. The fourth-order valence-electron chi connectivity index (χ4n) is 11.0. The number of benzene rings is 1. The molecule has 6 aliphatic rings. The van der Waals surface area contributed by atoms with Gasteiger partial charge in [0.1, 0.15) is 0 Å². The highest BCUT2D eigenvalue weighted by Crippen LogP contribution is 2.73. The molecule has 3 saturated carbocycles. The van der Waals surface area contributed by atoms with Gasteiger partial charge in [0.05, 0.1) is 22.9 Å². The molecule has 3 heterocycles. The average molecular weight is 572 g/mol. The van der Waals surface area contributed by atoms with Crippen molar-refractivity contribution in [1.82, 2.24) is 13.9 Å². The van der Waals surface area contributed by atoms with E-state index in [9.17, 15) is 14.7 Å². The molecule has 10 atom stereocenters. The quantitative estimate of drug-likeness (QED) is 0.431. The molecule has 2 aromatic rings. The normalized spacial score (nSPS) is 41.4. The van der Waals surface area contributed by atoms with Crippen molar-refractivity contribution in [2.24, 2.45) is 46.3 Å². The zero-order valence-corrected chi connectivity index (χ0v) is 26.3. The van der Waals surface area contributed by atoms with Gasteiger partial charge in [-0.2, -0.15) is 0 Å². The lowest BCUT2D eigenvalue weighted by Gasteiger charge is -2.71. The minimum Gasteiger partial charge on any atom is -0.393 e. The van der Waals surface area contributed by atoms with Crippen LogP contribution in [0.4, 0.5) is 0 Å². The third-order valence-corrected chi connectivity index (χ3v) is 13.5. The molecule has 226 valence electrons. The van der Waals surface area contributed by atoms with Crippen LogP contribution in [0.5, 0.6) is 0 Å². The first-order valence-corrected chi connectivity index (χ1v) is 16.5. The lowest BCUT2D eigenvalue weighted by molar-refractivity contribution is -0.199. The van der Waals surface area contributed by atoms with E-state index < -0.39 is 17.2 Å². The molecule has 0 amide bonds. The van der Waals surface area contributed by atoms with Crippen molar-refractivity contribution in [1.29, 1.82) is 0 Å². The van der Waals surface area contributed by atoms with Crippen molar-refractivity contribution in [2.75, 3.05) is 0 Å². The molecule has 0 saturated heterocycles. The number of para-hydroxylation sites is 1.